The fourth-order valence-electron chi connectivity index (χ4n) is 1.87. The second-order valence-electron chi connectivity index (χ2n) is 4.25. The molecular formula is C15H12BrNO2. The zero-order valence-electron chi connectivity index (χ0n) is 10.1. The summed E-state index contributed by atoms with van der Waals surface area (Å²) < 4.78 is 12.4. The molecule has 3 rings (SSSR count). The second-order valence-corrected chi connectivity index (χ2v) is 5.17. The first kappa shape index (κ1) is 12.1. The van der Waals surface area contributed by atoms with Gasteiger partial charge in [0.15, 0.2) is 0 Å². The Morgan fingerprint density at radius 1 is 1.05 bits per heavy atom. The van der Waals surface area contributed by atoms with E-state index >= 15 is 0 Å². The van der Waals surface area contributed by atoms with E-state index in [2.05, 4.69) is 15.9 Å². The van der Waals surface area contributed by atoms with Crippen molar-refractivity contribution in [3.05, 3.63) is 58.8 Å². The van der Waals surface area contributed by atoms with Gasteiger partial charge in [-0.3, -0.25) is 0 Å². The van der Waals surface area contributed by atoms with Gasteiger partial charge < -0.3 is 14.9 Å². The number of benzene rings is 2. The fraction of sp³-hybridized carbons (Fsp3) is 0.0667. The quantitative estimate of drug-likeness (QED) is 0.730. The van der Waals surface area contributed by atoms with E-state index in [1.165, 1.54) is 0 Å². The summed E-state index contributed by atoms with van der Waals surface area (Å²) in [6, 6.07) is 15.2. The van der Waals surface area contributed by atoms with Gasteiger partial charge in [0, 0.05) is 15.5 Å². The van der Waals surface area contributed by atoms with E-state index in [4.69, 9.17) is 14.9 Å². The van der Waals surface area contributed by atoms with Crippen LogP contribution in [0.4, 0.5) is 5.69 Å². The van der Waals surface area contributed by atoms with Gasteiger partial charge in [0.1, 0.15) is 23.7 Å². The van der Waals surface area contributed by atoms with Crippen molar-refractivity contribution in [2.75, 3.05) is 5.73 Å². The van der Waals surface area contributed by atoms with Crippen molar-refractivity contribution in [1.82, 2.24) is 0 Å². The highest BCUT2D eigenvalue weighted by atomic mass is 79.9. The molecule has 0 saturated heterocycles. The van der Waals surface area contributed by atoms with E-state index in [1.807, 2.05) is 48.5 Å². The van der Waals surface area contributed by atoms with E-state index in [1.54, 1.807) is 0 Å². The number of hydrogen-bond donors (Lipinski definition) is 1. The number of nitrogen functional groups attached to an aromatic ring is 1. The molecule has 0 bridgehead atoms. The third kappa shape index (κ3) is 2.74. The van der Waals surface area contributed by atoms with Gasteiger partial charge in [0.25, 0.3) is 0 Å². The third-order valence-corrected chi connectivity index (χ3v) is 3.31. The molecule has 2 aromatic carbocycles. The fourth-order valence-corrected chi connectivity index (χ4v) is 2.14. The smallest absolute Gasteiger partial charge is 0.146 e. The van der Waals surface area contributed by atoms with Crippen molar-refractivity contribution in [3.63, 3.8) is 0 Å². The zero-order valence-corrected chi connectivity index (χ0v) is 11.7. The second kappa shape index (κ2) is 4.97. The minimum atomic E-state index is 0.399. The summed E-state index contributed by atoms with van der Waals surface area (Å²) in [4.78, 5) is 0. The first-order chi connectivity index (χ1) is 9.20. The van der Waals surface area contributed by atoms with Crippen LogP contribution in [0.15, 0.2) is 57.4 Å². The molecule has 3 nitrogen and oxygen atoms in total. The zero-order chi connectivity index (χ0) is 13.2. The number of furan rings is 1. The lowest BCUT2D eigenvalue weighted by Gasteiger charge is -2.03. The molecule has 96 valence electrons. The van der Waals surface area contributed by atoms with Gasteiger partial charge in [-0.15, -0.1) is 0 Å². The van der Waals surface area contributed by atoms with Gasteiger partial charge in [-0.25, -0.2) is 0 Å². The molecule has 0 amide bonds. The van der Waals surface area contributed by atoms with Crippen LogP contribution in [0.5, 0.6) is 5.75 Å². The van der Waals surface area contributed by atoms with Crippen LogP contribution in [-0.2, 0) is 6.61 Å². The molecular weight excluding hydrogens is 306 g/mol. The number of nitrogens with two attached hydrogens (primary N) is 1. The summed E-state index contributed by atoms with van der Waals surface area (Å²) >= 11 is 3.39. The number of rotatable bonds is 3. The molecule has 0 saturated carbocycles. The Labute approximate surface area is 119 Å². The topological polar surface area (TPSA) is 48.4 Å². The molecule has 4 heteroatoms. The predicted octanol–water partition coefficient (Wildman–Crippen LogP) is 4.36. The summed E-state index contributed by atoms with van der Waals surface area (Å²) in [6.45, 7) is 0.399. The van der Waals surface area contributed by atoms with Crippen molar-refractivity contribution in [2.45, 2.75) is 6.61 Å². The van der Waals surface area contributed by atoms with Crippen molar-refractivity contribution < 1.29 is 9.15 Å². The SMILES string of the molecule is Nc1ccc2oc(COc3ccc(Br)cc3)cc2c1. The highest BCUT2D eigenvalue weighted by Gasteiger charge is 2.05. The molecule has 19 heavy (non-hydrogen) atoms. The van der Waals surface area contributed by atoms with Crippen molar-refractivity contribution >= 4 is 32.6 Å². The largest absolute Gasteiger partial charge is 0.486 e. The van der Waals surface area contributed by atoms with Gasteiger partial charge in [0.05, 0.1) is 0 Å². The standard InChI is InChI=1S/C15H12BrNO2/c16-11-1-4-13(5-2-11)18-9-14-8-10-7-12(17)3-6-15(10)19-14/h1-8H,9,17H2. The van der Waals surface area contributed by atoms with Crippen LogP contribution in [0, 0.1) is 0 Å². The highest BCUT2D eigenvalue weighted by Crippen LogP contribution is 2.23. The van der Waals surface area contributed by atoms with E-state index in [0.717, 1.165) is 32.6 Å². The molecule has 2 N–H and O–H groups in total. The Kier molecular flexibility index (Phi) is 3.17. The van der Waals surface area contributed by atoms with Gasteiger partial charge in [-0.1, -0.05) is 15.9 Å². The molecule has 0 fully saturated rings. The first-order valence-corrected chi connectivity index (χ1v) is 6.66. The Morgan fingerprint density at radius 3 is 2.63 bits per heavy atom. The molecule has 0 aliphatic carbocycles. The maximum atomic E-state index is 5.73. The average Bonchev–Trinajstić information content (AvgIpc) is 2.80. The van der Waals surface area contributed by atoms with E-state index in [0.29, 0.717) is 6.61 Å². The minimum absolute atomic E-state index is 0.399. The van der Waals surface area contributed by atoms with Crippen LogP contribution in [0.1, 0.15) is 5.76 Å². The lowest BCUT2D eigenvalue weighted by Crippen LogP contribution is -1.92. The Balaban J connectivity index is 1.76. The van der Waals surface area contributed by atoms with Gasteiger partial charge in [-0.05, 0) is 48.5 Å². The average molecular weight is 318 g/mol. The van der Waals surface area contributed by atoms with Crippen LogP contribution in [0.2, 0.25) is 0 Å². The summed E-state index contributed by atoms with van der Waals surface area (Å²) in [6.07, 6.45) is 0. The van der Waals surface area contributed by atoms with Gasteiger partial charge >= 0.3 is 0 Å². The lowest BCUT2D eigenvalue weighted by atomic mass is 10.2. The van der Waals surface area contributed by atoms with Crippen molar-refractivity contribution in [1.29, 1.82) is 0 Å². The first-order valence-electron chi connectivity index (χ1n) is 5.87. The summed E-state index contributed by atoms with van der Waals surface area (Å²) in [5, 5.41) is 0.995. The molecule has 0 unspecified atom stereocenters. The number of halogens is 1. The molecule has 0 atom stereocenters. The van der Waals surface area contributed by atoms with Crippen LogP contribution in [0.25, 0.3) is 11.0 Å². The maximum Gasteiger partial charge on any atom is 0.146 e. The Bertz CT molecular complexity index is 704. The molecule has 0 aliphatic heterocycles. The highest BCUT2D eigenvalue weighted by molar-refractivity contribution is 9.10. The maximum absolute atomic E-state index is 5.73. The molecule has 3 aromatic rings. The monoisotopic (exact) mass is 317 g/mol. The van der Waals surface area contributed by atoms with Crippen LogP contribution in [0.3, 0.4) is 0 Å². The third-order valence-electron chi connectivity index (χ3n) is 2.79. The Morgan fingerprint density at radius 2 is 1.84 bits per heavy atom. The summed E-state index contributed by atoms with van der Waals surface area (Å²) in [7, 11) is 0. The van der Waals surface area contributed by atoms with E-state index < -0.39 is 0 Å². The number of hydrogen-bond acceptors (Lipinski definition) is 3. The summed E-state index contributed by atoms with van der Waals surface area (Å²) in [5.41, 5.74) is 7.29. The molecule has 0 aliphatic rings. The number of fused-ring (bicyclic) bond motifs is 1. The van der Waals surface area contributed by atoms with E-state index in [9.17, 15) is 0 Å². The normalized spacial score (nSPS) is 10.8. The molecule has 1 aromatic heterocycles. The van der Waals surface area contributed by atoms with Crippen LogP contribution < -0.4 is 10.5 Å². The van der Waals surface area contributed by atoms with Crippen molar-refractivity contribution in [3.8, 4) is 5.75 Å². The van der Waals surface area contributed by atoms with Crippen LogP contribution in [-0.4, -0.2) is 0 Å². The molecule has 0 radical (unpaired) electrons. The number of ether oxygens (including phenoxy) is 1. The Hall–Kier alpha value is -1.94. The lowest BCUT2D eigenvalue weighted by molar-refractivity contribution is 0.274. The minimum Gasteiger partial charge on any atom is -0.486 e. The van der Waals surface area contributed by atoms with Crippen LogP contribution >= 0.6 is 15.9 Å². The predicted molar refractivity (Wildman–Crippen MR) is 79.1 cm³/mol. The van der Waals surface area contributed by atoms with E-state index in [-0.39, 0.29) is 0 Å². The van der Waals surface area contributed by atoms with Crippen molar-refractivity contribution in [2.24, 2.45) is 0 Å². The van der Waals surface area contributed by atoms with Gasteiger partial charge in [-0.2, -0.15) is 0 Å². The number of anilines is 1. The molecule has 0 spiro atoms. The molecule has 1 heterocycles. The van der Waals surface area contributed by atoms with Gasteiger partial charge in [0.2, 0.25) is 0 Å². The summed E-state index contributed by atoms with van der Waals surface area (Å²) in [5.74, 6) is 1.59.